The summed E-state index contributed by atoms with van der Waals surface area (Å²) < 4.78 is 2.07. The molecule has 1 aromatic heterocycles. The smallest absolute Gasteiger partial charge is 0.262 e. The number of nitrogens with one attached hydrogen (secondary N) is 1. The van der Waals surface area contributed by atoms with Gasteiger partial charge in [0.1, 0.15) is 11.6 Å². The molecule has 3 rings (SSSR count). The van der Waals surface area contributed by atoms with Gasteiger partial charge in [-0.1, -0.05) is 17.7 Å². The highest BCUT2D eigenvalue weighted by Crippen LogP contribution is 2.26. The number of halogens is 1. The van der Waals surface area contributed by atoms with Gasteiger partial charge in [0.05, 0.1) is 0 Å². The minimum Gasteiger partial charge on any atom is -0.349 e. The third kappa shape index (κ3) is 3.62. The molecule has 25 heavy (non-hydrogen) atoms. The third-order valence-electron chi connectivity index (χ3n) is 4.46. The summed E-state index contributed by atoms with van der Waals surface area (Å²) >= 11 is 6.26. The van der Waals surface area contributed by atoms with E-state index in [0.29, 0.717) is 5.02 Å². The fourth-order valence-corrected chi connectivity index (χ4v) is 3.02. The van der Waals surface area contributed by atoms with Crippen LogP contribution < -0.4 is 5.32 Å². The molecule has 1 aromatic carbocycles. The number of rotatable bonds is 4. The zero-order valence-corrected chi connectivity index (χ0v) is 15.3. The molecule has 0 saturated heterocycles. The lowest BCUT2D eigenvalue weighted by atomic mass is 10.1. The van der Waals surface area contributed by atoms with Crippen molar-refractivity contribution in [3.63, 3.8) is 0 Å². The second kappa shape index (κ2) is 6.78. The zero-order valence-electron chi connectivity index (χ0n) is 14.6. The molecule has 4 nitrogen and oxygen atoms in total. The molecule has 1 amide bonds. The van der Waals surface area contributed by atoms with Gasteiger partial charge in [0.15, 0.2) is 0 Å². The van der Waals surface area contributed by atoms with Crippen LogP contribution in [0.1, 0.15) is 35.4 Å². The number of carbonyl (C=O) groups excluding carboxylic acids is 1. The Balaban J connectivity index is 1.98. The summed E-state index contributed by atoms with van der Waals surface area (Å²) in [5, 5.41) is 12.9. The summed E-state index contributed by atoms with van der Waals surface area (Å²) in [5.74, 6) is -0.298. The maximum atomic E-state index is 12.2. The Labute approximate surface area is 152 Å². The Morgan fingerprint density at radius 3 is 2.64 bits per heavy atom. The van der Waals surface area contributed by atoms with E-state index in [1.165, 1.54) is 0 Å². The molecule has 1 aliphatic rings. The topological polar surface area (TPSA) is 57.8 Å². The van der Waals surface area contributed by atoms with Crippen molar-refractivity contribution in [2.45, 2.75) is 39.7 Å². The van der Waals surface area contributed by atoms with E-state index in [1.54, 1.807) is 6.08 Å². The second-order valence-electron chi connectivity index (χ2n) is 6.51. The first-order valence-corrected chi connectivity index (χ1v) is 8.66. The number of hydrogen-bond donors (Lipinski definition) is 1. The van der Waals surface area contributed by atoms with E-state index < -0.39 is 0 Å². The number of amides is 1. The zero-order chi connectivity index (χ0) is 18.1. The number of carbonyl (C=O) groups is 1. The number of hydrogen-bond acceptors (Lipinski definition) is 2. The largest absolute Gasteiger partial charge is 0.349 e. The van der Waals surface area contributed by atoms with Gasteiger partial charge in [-0.2, -0.15) is 5.26 Å². The molecule has 5 heteroatoms. The van der Waals surface area contributed by atoms with Gasteiger partial charge in [-0.05, 0) is 69.0 Å². The lowest BCUT2D eigenvalue weighted by molar-refractivity contribution is -0.117. The van der Waals surface area contributed by atoms with E-state index in [4.69, 9.17) is 11.6 Å². The molecule has 0 radical (unpaired) electrons. The van der Waals surface area contributed by atoms with Crippen LogP contribution in [0.4, 0.5) is 0 Å². The number of aromatic nitrogens is 1. The minimum absolute atomic E-state index is 0.133. The molecule has 1 saturated carbocycles. The first-order valence-electron chi connectivity index (χ1n) is 8.29. The lowest BCUT2D eigenvalue weighted by Crippen LogP contribution is -2.26. The van der Waals surface area contributed by atoms with E-state index >= 15 is 0 Å². The Bertz CT molecular complexity index is 914. The summed E-state index contributed by atoms with van der Waals surface area (Å²) in [4.78, 5) is 12.2. The van der Waals surface area contributed by atoms with Crippen LogP contribution in [-0.4, -0.2) is 16.5 Å². The Hall–Kier alpha value is -2.51. The normalized spacial score (nSPS) is 14.3. The molecule has 0 unspecified atom stereocenters. The molecule has 0 bridgehead atoms. The van der Waals surface area contributed by atoms with Crippen LogP contribution in [0.3, 0.4) is 0 Å². The number of nitrogens with zero attached hydrogens (tertiary/aromatic N) is 2. The van der Waals surface area contributed by atoms with Crippen LogP contribution in [0.25, 0.3) is 11.8 Å². The molecule has 1 N–H and O–H groups in total. The Morgan fingerprint density at radius 1 is 1.32 bits per heavy atom. The highest BCUT2D eigenvalue weighted by atomic mass is 35.5. The van der Waals surface area contributed by atoms with Crippen molar-refractivity contribution in [2.75, 3.05) is 0 Å². The summed E-state index contributed by atoms with van der Waals surface area (Å²) in [6.45, 7) is 5.93. The molecule has 0 atom stereocenters. The molecule has 1 aliphatic carbocycles. The van der Waals surface area contributed by atoms with E-state index in [0.717, 1.165) is 41.0 Å². The molecule has 1 fully saturated rings. The van der Waals surface area contributed by atoms with E-state index in [2.05, 4.69) is 9.88 Å². The second-order valence-corrected chi connectivity index (χ2v) is 6.92. The van der Waals surface area contributed by atoms with Crippen molar-refractivity contribution in [3.05, 3.63) is 57.4 Å². The van der Waals surface area contributed by atoms with Crippen LogP contribution in [0, 0.1) is 32.1 Å². The fraction of sp³-hybridized carbons (Fsp3) is 0.300. The third-order valence-corrected chi connectivity index (χ3v) is 4.87. The van der Waals surface area contributed by atoms with E-state index in [9.17, 15) is 10.1 Å². The fourth-order valence-electron chi connectivity index (χ4n) is 2.85. The van der Waals surface area contributed by atoms with E-state index in [1.807, 2.05) is 51.1 Å². The maximum Gasteiger partial charge on any atom is 0.262 e. The lowest BCUT2D eigenvalue weighted by Gasteiger charge is -2.11. The Kier molecular flexibility index (Phi) is 4.69. The molecule has 0 spiro atoms. The molecular weight excluding hydrogens is 334 g/mol. The maximum absolute atomic E-state index is 12.2. The van der Waals surface area contributed by atoms with Gasteiger partial charge >= 0.3 is 0 Å². The van der Waals surface area contributed by atoms with Crippen molar-refractivity contribution >= 4 is 23.6 Å². The van der Waals surface area contributed by atoms with E-state index in [-0.39, 0.29) is 17.5 Å². The molecule has 0 aliphatic heterocycles. The average Bonchev–Trinajstić information content (AvgIpc) is 3.33. The number of nitriles is 1. The predicted octanol–water partition coefficient (Wildman–Crippen LogP) is 4.24. The average molecular weight is 354 g/mol. The summed E-state index contributed by atoms with van der Waals surface area (Å²) in [5.41, 5.74) is 4.96. The van der Waals surface area contributed by atoms with Gasteiger partial charge in [0.2, 0.25) is 0 Å². The van der Waals surface area contributed by atoms with Gasteiger partial charge in [-0.3, -0.25) is 4.79 Å². The quantitative estimate of drug-likeness (QED) is 0.660. The standard InChI is InChI=1S/C20H20ClN3O/c1-12-4-7-18(10-19(12)21)24-13(2)8-15(14(24)3)9-16(11-22)20(25)23-17-5-6-17/h4,7-10,17H,5-6H2,1-3H3,(H,23,25)/b16-9+. The summed E-state index contributed by atoms with van der Waals surface area (Å²) in [6, 6.07) is 10.1. The highest BCUT2D eigenvalue weighted by Gasteiger charge is 2.25. The van der Waals surface area contributed by atoms with Crippen molar-refractivity contribution in [2.24, 2.45) is 0 Å². The van der Waals surface area contributed by atoms with Crippen LogP contribution in [0.5, 0.6) is 0 Å². The predicted molar refractivity (Wildman–Crippen MR) is 99.7 cm³/mol. The van der Waals surface area contributed by atoms with Gasteiger partial charge in [0.25, 0.3) is 5.91 Å². The first-order chi connectivity index (χ1) is 11.9. The van der Waals surface area contributed by atoms with Crippen LogP contribution >= 0.6 is 11.6 Å². The van der Waals surface area contributed by atoms with Crippen molar-refractivity contribution in [3.8, 4) is 11.8 Å². The SMILES string of the molecule is Cc1ccc(-n2c(C)cc(/C=C(\C#N)C(=O)NC3CC3)c2C)cc1Cl. The monoisotopic (exact) mass is 353 g/mol. The van der Waals surface area contributed by atoms with Crippen LogP contribution in [0.2, 0.25) is 5.02 Å². The van der Waals surface area contributed by atoms with Crippen molar-refractivity contribution < 1.29 is 4.79 Å². The van der Waals surface area contributed by atoms with Crippen molar-refractivity contribution in [1.29, 1.82) is 5.26 Å². The minimum atomic E-state index is -0.298. The summed E-state index contributed by atoms with van der Waals surface area (Å²) in [7, 11) is 0. The van der Waals surface area contributed by atoms with Crippen LogP contribution in [0.15, 0.2) is 29.8 Å². The van der Waals surface area contributed by atoms with Gasteiger partial charge in [-0.15, -0.1) is 0 Å². The molecular formula is C20H20ClN3O. The first kappa shape index (κ1) is 17.3. The van der Waals surface area contributed by atoms with Gasteiger partial charge < -0.3 is 9.88 Å². The highest BCUT2D eigenvalue weighted by molar-refractivity contribution is 6.31. The number of aryl methyl sites for hydroxylation is 2. The molecule has 128 valence electrons. The number of benzene rings is 1. The van der Waals surface area contributed by atoms with Crippen molar-refractivity contribution in [1.82, 2.24) is 9.88 Å². The summed E-state index contributed by atoms with van der Waals surface area (Å²) in [6.07, 6.45) is 3.65. The van der Waals surface area contributed by atoms with Gasteiger partial charge in [0, 0.05) is 28.1 Å². The molecule has 2 aromatic rings. The van der Waals surface area contributed by atoms with Crippen LogP contribution in [-0.2, 0) is 4.79 Å². The Morgan fingerprint density at radius 2 is 2.04 bits per heavy atom. The van der Waals surface area contributed by atoms with Gasteiger partial charge in [-0.25, -0.2) is 0 Å². The molecule has 1 heterocycles.